The van der Waals surface area contributed by atoms with E-state index in [2.05, 4.69) is 14.7 Å². The maximum atomic E-state index is 12.8. The van der Waals surface area contributed by atoms with Gasteiger partial charge >= 0.3 is 12.1 Å². The van der Waals surface area contributed by atoms with Crippen LogP contribution < -0.4 is 4.90 Å². The van der Waals surface area contributed by atoms with Gasteiger partial charge in [0.2, 0.25) is 11.7 Å². The van der Waals surface area contributed by atoms with Crippen LogP contribution in [0.25, 0.3) is 21.6 Å². The Morgan fingerprint density at radius 3 is 2.55 bits per heavy atom. The molecule has 1 aliphatic heterocycles. The van der Waals surface area contributed by atoms with Crippen LogP contribution in [0.1, 0.15) is 36.2 Å². The van der Waals surface area contributed by atoms with Crippen molar-refractivity contribution < 1.29 is 22.5 Å². The molecule has 3 heterocycles. The molecule has 158 valence electrons. The number of fused-ring (bicyclic) bond motifs is 1. The van der Waals surface area contributed by atoms with E-state index in [4.69, 9.17) is 4.98 Å². The van der Waals surface area contributed by atoms with Crippen molar-refractivity contribution >= 4 is 33.1 Å². The number of alkyl halides is 3. The first-order valence-electron chi connectivity index (χ1n) is 9.59. The third-order valence-corrected chi connectivity index (χ3v) is 6.25. The molecule has 0 unspecified atom stereocenters. The molecule has 1 amide bonds. The summed E-state index contributed by atoms with van der Waals surface area (Å²) in [6.07, 6.45) is -2.71. The topological polar surface area (TPSA) is 72.1 Å². The van der Waals surface area contributed by atoms with Gasteiger partial charge in [0.05, 0.1) is 16.3 Å². The number of carbonyl (C=O) groups excluding carboxylic acids is 1. The Bertz CT molecular complexity index is 1220. The van der Waals surface area contributed by atoms with Crippen LogP contribution in [0.5, 0.6) is 0 Å². The molecule has 1 atom stereocenters. The van der Waals surface area contributed by atoms with Gasteiger partial charge in [0.15, 0.2) is 0 Å². The second-order valence-electron chi connectivity index (χ2n) is 7.16. The lowest BCUT2D eigenvalue weighted by atomic mass is 10.0. The van der Waals surface area contributed by atoms with E-state index in [9.17, 15) is 18.0 Å². The van der Waals surface area contributed by atoms with Crippen LogP contribution in [0, 0.1) is 0 Å². The fraction of sp³-hybridized carbons (Fsp3) is 0.238. The molecule has 0 saturated carbocycles. The Hall–Kier alpha value is -3.27. The maximum Gasteiger partial charge on any atom is 0.471 e. The van der Waals surface area contributed by atoms with Gasteiger partial charge in [0.1, 0.15) is 5.01 Å². The molecule has 4 aromatic rings. The Morgan fingerprint density at radius 1 is 1.06 bits per heavy atom. The Labute approximate surface area is 178 Å². The van der Waals surface area contributed by atoms with E-state index in [0.29, 0.717) is 17.7 Å². The number of anilines is 1. The number of hydrogen-bond acceptors (Lipinski definition) is 6. The minimum absolute atomic E-state index is 0.0119. The average molecular weight is 444 g/mol. The van der Waals surface area contributed by atoms with Crippen molar-refractivity contribution in [3.8, 4) is 11.4 Å². The lowest BCUT2D eigenvalue weighted by Gasteiger charge is -2.34. The van der Waals surface area contributed by atoms with Gasteiger partial charge in [-0.05, 0) is 49.2 Å². The highest BCUT2D eigenvalue weighted by Gasteiger charge is 2.38. The number of aromatic nitrogens is 3. The fourth-order valence-electron chi connectivity index (χ4n) is 3.69. The van der Waals surface area contributed by atoms with E-state index in [1.807, 2.05) is 24.3 Å². The van der Waals surface area contributed by atoms with Crippen LogP contribution in [0.2, 0.25) is 0 Å². The lowest BCUT2D eigenvalue weighted by molar-refractivity contribution is -0.159. The van der Waals surface area contributed by atoms with Crippen molar-refractivity contribution in [3.63, 3.8) is 0 Å². The van der Waals surface area contributed by atoms with Crippen molar-refractivity contribution in [2.45, 2.75) is 31.5 Å². The number of para-hydroxylation sites is 1. The molecule has 0 bridgehead atoms. The van der Waals surface area contributed by atoms with Crippen LogP contribution in [-0.4, -0.2) is 21.0 Å². The van der Waals surface area contributed by atoms with Crippen molar-refractivity contribution in [3.05, 3.63) is 59.4 Å². The minimum Gasteiger partial charge on any atom is -0.329 e. The van der Waals surface area contributed by atoms with Crippen molar-refractivity contribution in [1.29, 1.82) is 0 Å². The average Bonchev–Trinajstić information content (AvgIpc) is 3.41. The van der Waals surface area contributed by atoms with Crippen LogP contribution in [0.4, 0.5) is 18.9 Å². The molecule has 0 spiro atoms. The molecular weight excluding hydrogens is 429 g/mol. The Balaban J connectivity index is 1.46. The summed E-state index contributed by atoms with van der Waals surface area (Å²) in [6, 6.07) is 14.2. The van der Waals surface area contributed by atoms with Gasteiger partial charge in [-0.1, -0.05) is 17.3 Å². The molecule has 1 aliphatic rings. The monoisotopic (exact) mass is 444 g/mol. The molecule has 1 saturated heterocycles. The van der Waals surface area contributed by atoms with E-state index in [-0.39, 0.29) is 17.8 Å². The quantitative estimate of drug-likeness (QED) is 0.410. The summed E-state index contributed by atoms with van der Waals surface area (Å²) in [5.41, 5.74) is 1.91. The second-order valence-corrected chi connectivity index (χ2v) is 8.22. The summed E-state index contributed by atoms with van der Waals surface area (Å²) in [4.78, 5) is 22.7. The molecule has 6 nitrogen and oxygen atoms in total. The van der Waals surface area contributed by atoms with E-state index in [0.717, 1.165) is 28.1 Å². The number of benzene rings is 2. The molecule has 1 fully saturated rings. The van der Waals surface area contributed by atoms with Gasteiger partial charge in [-0.2, -0.15) is 18.2 Å². The molecule has 2 aromatic heterocycles. The number of piperidine rings is 1. The largest absolute Gasteiger partial charge is 0.471 e. The van der Waals surface area contributed by atoms with Gasteiger partial charge < -0.3 is 9.42 Å². The first-order chi connectivity index (χ1) is 14.9. The summed E-state index contributed by atoms with van der Waals surface area (Å²) in [5.74, 6) is -1.57. The van der Waals surface area contributed by atoms with Crippen LogP contribution in [0.3, 0.4) is 0 Å². The zero-order chi connectivity index (χ0) is 21.6. The summed E-state index contributed by atoms with van der Waals surface area (Å²) in [6.45, 7) is 0. The molecule has 0 aliphatic carbocycles. The number of carbonyl (C=O) groups is 1. The van der Waals surface area contributed by atoms with Crippen LogP contribution in [-0.2, 0) is 11.0 Å². The van der Waals surface area contributed by atoms with Gasteiger partial charge in [-0.3, -0.25) is 4.79 Å². The molecule has 0 N–H and O–H groups in total. The zero-order valence-corrected chi connectivity index (χ0v) is 16.8. The standard InChI is InChI=1S/C21H15F3N4O2S/c22-21(23,24)20-26-18(27-30-20)12-8-10-13(11-9-12)28-15(5-3-7-17(28)29)19-25-14-4-1-2-6-16(14)31-19/h1-2,4,6,8-11,15H,3,5,7H2/t15-/m0/s1. The predicted octanol–water partition coefficient (Wildman–Crippen LogP) is 5.62. The van der Waals surface area contributed by atoms with E-state index < -0.39 is 12.1 Å². The smallest absolute Gasteiger partial charge is 0.329 e. The molecule has 10 heteroatoms. The van der Waals surface area contributed by atoms with E-state index in [1.165, 1.54) is 0 Å². The molecule has 2 aromatic carbocycles. The SMILES string of the molecule is O=C1CCC[C@@H](c2nc3ccccc3s2)N1c1ccc(-c2noc(C(F)(F)F)n2)cc1. The molecule has 31 heavy (non-hydrogen) atoms. The normalized spacial score (nSPS) is 17.5. The number of hydrogen-bond donors (Lipinski definition) is 0. The first kappa shape index (κ1) is 19.7. The van der Waals surface area contributed by atoms with Crippen LogP contribution in [0.15, 0.2) is 53.1 Å². The van der Waals surface area contributed by atoms with Gasteiger partial charge in [0, 0.05) is 17.7 Å². The molecule has 0 radical (unpaired) electrons. The summed E-state index contributed by atoms with van der Waals surface area (Å²) < 4.78 is 43.5. The van der Waals surface area contributed by atoms with Gasteiger partial charge in [0.25, 0.3) is 0 Å². The third kappa shape index (κ3) is 3.67. The van der Waals surface area contributed by atoms with E-state index >= 15 is 0 Å². The second kappa shape index (κ2) is 7.45. The van der Waals surface area contributed by atoms with Crippen molar-refractivity contribution in [1.82, 2.24) is 15.1 Å². The summed E-state index contributed by atoms with van der Waals surface area (Å²) in [7, 11) is 0. The Morgan fingerprint density at radius 2 is 1.84 bits per heavy atom. The maximum absolute atomic E-state index is 12.8. The zero-order valence-electron chi connectivity index (χ0n) is 16.0. The highest BCUT2D eigenvalue weighted by atomic mass is 32.1. The van der Waals surface area contributed by atoms with Gasteiger partial charge in [-0.25, -0.2) is 4.98 Å². The number of nitrogens with zero attached hydrogens (tertiary/aromatic N) is 4. The number of amides is 1. The van der Waals surface area contributed by atoms with Gasteiger partial charge in [-0.15, -0.1) is 11.3 Å². The lowest BCUT2D eigenvalue weighted by Crippen LogP contribution is -2.38. The first-order valence-corrected chi connectivity index (χ1v) is 10.4. The van der Waals surface area contributed by atoms with Crippen molar-refractivity contribution in [2.75, 3.05) is 4.90 Å². The predicted molar refractivity (Wildman–Crippen MR) is 108 cm³/mol. The Kier molecular flexibility index (Phi) is 4.73. The summed E-state index contributed by atoms with van der Waals surface area (Å²) >= 11 is 1.57. The van der Waals surface area contributed by atoms with Crippen LogP contribution >= 0.6 is 11.3 Å². The number of halogens is 3. The fourth-order valence-corrected chi connectivity index (χ4v) is 4.78. The third-order valence-electron chi connectivity index (χ3n) is 5.12. The van der Waals surface area contributed by atoms with Crippen molar-refractivity contribution in [2.24, 2.45) is 0 Å². The number of thiazole rings is 1. The highest BCUT2D eigenvalue weighted by Crippen LogP contribution is 2.39. The van der Waals surface area contributed by atoms with E-state index in [1.54, 1.807) is 40.5 Å². The summed E-state index contributed by atoms with van der Waals surface area (Å²) in [5, 5.41) is 4.27. The molecule has 5 rings (SSSR count). The molecular formula is C21H15F3N4O2S. The minimum atomic E-state index is -4.70. The highest BCUT2D eigenvalue weighted by molar-refractivity contribution is 7.18. The number of rotatable bonds is 3.